The van der Waals surface area contributed by atoms with E-state index in [9.17, 15) is 8.42 Å². The summed E-state index contributed by atoms with van der Waals surface area (Å²) in [5, 5.41) is 0. The van der Waals surface area contributed by atoms with E-state index in [0.717, 1.165) is 24.2 Å². The molecule has 0 amide bonds. The van der Waals surface area contributed by atoms with Crippen LogP contribution in [0.5, 0.6) is 5.75 Å². The van der Waals surface area contributed by atoms with E-state index >= 15 is 0 Å². The Morgan fingerprint density at radius 2 is 2.05 bits per heavy atom. The number of nitrogens with one attached hydrogen (secondary N) is 1. The van der Waals surface area contributed by atoms with Gasteiger partial charge in [-0.3, -0.25) is 0 Å². The number of nitrogens with zero attached hydrogens (tertiary/aromatic N) is 1. The quantitative estimate of drug-likeness (QED) is 0.901. The van der Waals surface area contributed by atoms with E-state index in [-0.39, 0.29) is 0 Å². The summed E-state index contributed by atoms with van der Waals surface area (Å²) in [6.45, 7) is 3.61. The first-order valence-corrected chi connectivity index (χ1v) is 8.33. The van der Waals surface area contributed by atoms with Crippen molar-refractivity contribution in [3.05, 3.63) is 29.8 Å². The molecule has 0 bridgehead atoms. The average molecular weight is 298 g/mol. The van der Waals surface area contributed by atoms with Crippen LogP contribution >= 0.6 is 0 Å². The van der Waals surface area contributed by atoms with Gasteiger partial charge in [-0.05, 0) is 36.5 Å². The van der Waals surface area contributed by atoms with Gasteiger partial charge in [0.1, 0.15) is 5.75 Å². The van der Waals surface area contributed by atoms with Gasteiger partial charge in [0, 0.05) is 19.6 Å². The van der Waals surface area contributed by atoms with E-state index in [1.807, 2.05) is 24.3 Å². The van der Waals surface area contributed by atoms with E-state index in [1.165, 1.54) is 0 Å². The maximum absolute atomic E-state index is 12.2. The van der Waals surface area contributed by atoms with Crippen LogP contribution in [0.15, 0.2) is 24.3 Å². The molecule has 0 saturated carbocycles. The molecule has 1 saturated heterocycles. The number of hydrogen-bond acceptors (Lipinski definition) is 3. The van der Waals surface area contributed by atoms with Gasteiger partial charge < -0.3 is 4.74 Å². The van der Waals surface area contributed by atoms with E-state index in [4.69, 9.17) is 4.74 Å². The Balaban J connectivity index is 1.94. The largest absolute Gasteiger partial charge is 0.497 e. The van der Waals surface area contributed by atoms with Gasteiger partial charge >= 0.3 is 0 Å². The molecule has 6 heteroatoms. The molecule has 1 atom stereocenters. The summed E-state index contributed by atoms with van der Waals surface area (Å²) in [5.41, 5.74) is 0.916. The summed E-state index contributed by atoms with van der Waals surface area (Å²) in [4.78, 5) is 0. The zero-order chi connectivity index (χ0) is 14.6. The van der Waals surface area contributed by atoms with Gasteiger partial charge in [0.15, 0.2) is 0 Å². The standard InChI is InChI=1S/C14H22N2O3S/c1-12-4-3-9-16(11-12)20(17,18)15-10-13-5-7-14(19-2)8-6-13/h5-8,12,15H,3-4,9-11H2,1-2H3/t12-/m0/s1. The lowest BCUT2D eigenvalue weighted by Crippen LogP contribution is -2.45. The van der Waals surface area contributed by atoms with Crippen LogP contribution in [0.3, 0.4) is 0 Å². The molecule has 1 fully saturated rings. The number of benzene rings is 1. The molecule has 112 valence electrons. The lowest BCUT2D eigenvalue weighted by molar-refractivity contribution is 0.278. The van der Waals surface area contributed by atoms with Gasteiger partial charge in [0.05, 0.1) is 7.11 Å². The van der Waals surface area contributed by atoms with Crippen molar-refractivity contribution in [2.75, 3.05) is 20.2 Å². The van der Waals surface area contributed by atoms with Crippen molar-refractivity contribution in [2.45, 2.75) is 26.3 Å². The van der Waals surface area contributed by atoms with Crippen LogP contribution in [0.25, 0.3) is 0 Å². The van der Waals surface area contributed by atoms with E-state index in [0.29, 0.717) is 25.6 Å². The van der Waals surface area contributed by atoms with E-state index in [2.05, 4.69) is 11.6 Å². The first kappa shape index (κ1) is 15.3. The molecule has 0 aromatic heterocycles. The fourth-order valence-electron chi connectivity index (χ4n) is 2.37. The third-order valence-corrected chi connectivity index (χ3v) is 5.10. The monoisotopic (exact) mass is 298 g/mol. The number of rotatable bonds is 5. The van der Waals surface area contributed by atoms with Gasteiger partial charge in [0.25, 0.3) is 10.2 Å². The molecule has 1 heterocycles. The molecule has 1 aromatic rings. The summed E-state index contributed by atoms with van der Waals surface area (Å²) in [6.07, 6.45) is 2.04. The van der Waals surface area contributed by atoms with Crippen LogP contribution in [0, 0.1) is 5.92 Å². The van der Waals surface area contributed by atoms with Crippen molar-refractivity contribution in [1.82, 2.24) is 9.03 Å². The Morgan fingerprint density at radius 3 is 2.65 bits per heavy atom. The number of ether oxygens (including phenoxy) is 1. The molecule has 1 aliphatic rings. The van der Waals surface area contributed by atoms with Gasteiger partial charge in [-0.1, -0.05) is 19.1 Å². The number of piperidine rings is 1. The zero-order valence-electron chi connectivity index (χ0n) is 12.0. The van der Waals surface area contributed by atoms with Crippen LogP contribution in [0.2, 0.25) is 0 Å². The number of methoxy groups -OCH3 is 1. The second-order valence-corrected chi connectivity index (χ2v) is 7.03. The average Bonchev–Trinajstić information content (AvgIpc) is 2.46. The summed E-state index contributed by atoms with van der Waals surface area (Å²) in [5.74, 6) is 1.20. The minimum absolute atomic E-state index is 0.303. The molecule has 1 aromatic carbocycles. The smallest absolute Gasteiger partial charge is 0.279 e. The summed E-state index contributed by atoms with van der Waals surface area (Å²) < 4.78 is 33.7. The summed E-state index contributed by atoms with van der Waals surface area (Å²) in [6, 6.07) is 7.37. The van der Waals surface area contributed by atoms with Gasteiger partial charge in [0.2, 0.25) is 0 Å². The second-order valence-electron chi connectivity index (χ2n) is 5.28. The van der Waals surface area contributed by atoms with Gasteiger partial charge in [-0.15, -0.1) is 0 Å². The highest BCUT2D eigenvalue weighted by molar-refractivity contribution is 7.87. The highest BCUT2D eigenvalue weighted by Crippen LogP contribution is 2.18. The van der Waals surface area contributed by atoms with Crippen LogP contribution < -0.4 is 9.46 Å². The third kappa shape index (κ3) is 3.94. The topological polar surface area (TPSA) is 58.6 Å². The first-order valence-electron chi connectivity index (χ1n) is 6.89. The predicted octanol–water partition coefficient (Wildman–Crippen LogP) is 1.76. The predicted molar refractivity (Wildman–Crippen MR) is 78.7 cm³/mol. The molecule has 2 rings (SSSR count). The molecule has 1 N–H and O–H groups in total. The Hall–Kier alpha value is -1.11. The fourth-order valence-corrected chi connectivity index (χ4v) is 3.73. The maximum atomic E-state index is 12.2. The van der Waals surface area contributed by atoms with Crippen molar-refractivity contribution in [3.63, 3.8) is 0 Å². The SMILES string of the molecule is COc1ccc(CNS(=O)(=O)N2CCC[C@H](C)C2)cc1. The van der Waals surface area contributed by atoms with Crippen molar-refractivity contribution < 1.29 is 13.2 Å². The molecular weight excluding hydrogens is 276 g/mol. The van der Waals surface area contributed by atoms with Crippen molar-refractivity contribution >= 4 is 10.2 Å². The molecule has 0 unspecified atom stereocenters. The fraction of sp³-hybridized carbons (Fsp3) is 0.571. The minimum Gasteiger partial charge on any atom is -0.497 e. The normalized spacial score (nSPS) is 20.8. The molecular formula is C14H22N2O3S. The van der Waals surface area contributed by atoms with Crippen molar-refractivity contribution in [1.29, 1.82) is 0 Å². The van der Waals surface area contributed by atoms with Crippen molar-refractivity contribution in [2.24, 2.45) is 5.92 Å². The summed E-state index contributed by atoms with van der Waals surface area (Å²) >= 11 is 0. The lowest BCUT2D eigenvalue weighted by Gasteiger charge is -2.30. The van der Waals surface area contributed by atoms with E-state index in [1.54, 1.807) is 11.4 Å². The Labute approximate surface area is 121 Å². The van der Waals surface area contributed by atoms with Crippen LogP contribution in [-0.4, -0.2) is 32.9 Å². The Morgan fingerprint density at radius 1 is 1.35 bits per heavy atom. The van der Waals surface area contributed by atoms with Crippen LogP contribution in [-0.2, 0) is 16.8 Å². The molecule has 1 aliphatic heterocycles. The van der Waals surface area contributed by atoms with Crippen molar-refractivity contribution in [3.8, 4) is 5.75 Å². The van der Waals surface area contributed by atoms with E-state index < -0.39 is 10.2 Å². The Bertz CT molecular complexity index is 528. The Kier molecular flexibility index (Phi) is 5.01. The molecule has 0 spiro atoms. The second kappa shape index (κ2) is 6.56. The third-order valence-electron chi connectivity index (χ3n) is 3.58. The highest BCUT2D eigenvalue weighted by Gasteiger charge is 2.26. The molecule has 0 aliphatic carbocycles. The van der Waals surface area contributed by atoms with Gasteiger partial charge in [-0.25, -0.2) is 0 Å². The molecule has 5 nitrogen and oxygen atoms in total. The first-order chi connectivity index (χ1) is 9.51. The maximum Gasteiger partial charge on any atom is 0.279 e. The zero-order valence-corrected chi connectivity index (χ0v) is 12.8. The summed E-state index contributed by atoms with van der Waals surface area (Å²) in [7, 11) is -1.77. The lowest BCUT2D eigenvalue weighted by atomic mass is 10.0. The minimum atomic E-state index is -3.38. The highest BCUT2D eigenvalue weighted by atomic mass is 32.2. The number of hydrogen-bond donors (Lipinski definition) is 1. The van der Waals surface area contributed by atoms with Gasteiger partial charge in [-0.2, -0.15) is 17.4 Å². The molecule has 0 radical (unpaired) electrons. The molecule has 20 heavy (non-hydrogen) atoms. The van der Waals surface area contributed by atoms with Crippen LogP contribution in [0.1, 0.15) is 25.3 Å². The van der Waals surface area contributed by atoms with Crippen LogP contribution in [0.4, 0.5) is 0 Å².